The van der Waals surface area contributed by atoms with Crippen LogP contribution in [0.3, 0.4) is 0 Å². The van der Waals surface area contributed by atoms with Gasteiger partial charge >= 0.3 is 0 Å². The van der Waals surface area contributed by atoms with E-state index in [1.165, 1.54) is 11.5 Å². The smallest absolute Gasteiger partial charge is 0.0569 e. The Morgan fingerprint density at radius 1 is 0.929 bits per heavy atom. The number of rotatable bonds is 9. The van der Waals surface area contributed by atoms with Crippen LogP contribution in [0.1, 0.15) is 0 Å². The van der Waals surface area contributed by atoms with Gasteiger partial charge in [0.05, 0.1) is 4.58 Å². The molecule has 86 valence electrons. The molecule has 1 unspecified atom stereocenters. The molecule has 0 aromatic heterocycles. The van der Waals surface area contributed by atoms with Crippen molar-refractivity contribution in [2.75, 3.05) is 27.4 Å². The van der Waals surface area contributed by atoms with E-state index < -0.39 is 0 Å². The van der Waals surface area contributed by atoms with Crippen LogP contribution in [0.4, 0.5) is 0 Å². The van der Waals surface area contributed by atoms with Crippen LogP contribution in [0.15, 0.2) is 0 Å². The Balaban J connectivity index is 3.41. The Labute approximate surface area is 122 Å². The summed E-state index contributed by atoms with van der Waals surface area (Å²) in [6.07, 6.45) is 0. The van der Waals surface area contributed by atoms with Crippen molar-refractivity contribution in [3.8, 4) is 0 Å². The van der Waals surface area contributed by atoms with E-state index in [9.17, 15) is 0 Å². The molecule has 0 saturated carbocycles. The van der Waals surface area contributed by atoms with Gasteiger partial charge in [-0.2, -0.15) is 74.0 Å². The van der Waals surface area contributed by atoms with Crippen LogP contribution in [-0.2, 0) is 0 Å². The van der Waals surface area contributed by atoms with Gasteiger partial charge in [-0.05, 0) is 0 Å². The average molecular weight is 325 g/mol. The average Bonchev–Trinajstić information content (AvgIpc) is 2.15. The molecule has 0 aliphatic heterocycles. The molecule has 1 atom stereocenters. The molecule has 0 aliphatic rings. The van der Waals surface area contributed by atoms with Crippen LogP contribution >= 0.6 is 85.8 Å². The minimum atomic E-state index is 0.150. The topological polar surface area (TPSA) is 0 Å². The molecule has 0 rings (SSSR count). The highest BCUT2D eigenvalue weighted by Gasteiger charge is 2.14. The Hall–Kier alpha value is 2.45. The molecular formula is C7H16S7. The lowest BCUT2D eigenvalue weighted by Gasteiger charge is -2.17. The zero-order chi connectivity index (χ0) is 10.8. The maximum absolute atomic E-state index is 4.35. The third kappa shape index (κ3) is 9.66. The van der Waals surface area contributed by atoms with E-state index in [0.29, 0.717) is 5.25 Å². The summed E-state index contributed by atoms with van der Waals surface area (Å²) < 4.78 is 0.150. The summed E-state index contributed by atoms with van der Waals surface area (Å²) in [5, 5.41) is 2.25. The van der Waals surface area contributed by atoms with Gasteiger partial charge in [-0.15, -0.1) is 11.8 Å². The molecule has 0 amide bonds. The normalized spacial score (nSPS) is 13.5. The van der Waals surface area contributed by atoms with Crippen molar-refractivity contribution in [2.24, 2.45) is 0 Å². The van der Waals surface area contributed by atoms with Crippen LogP contribution < -0.4 is 0 Å². The van der Waals surface area contributed by atoms with E-state index in [1.807, 2.05) is 35.3 Å². The number of thiol groups is 4. The third-order valence-corrected chi connectivity index (χ3v) is 6.73. The molecule has 0 bridgehead atoms. The standard InChI is InChI=1S/C7H16S7/c8-4-13-2-1-12-3-6(7(10)11)14-5-9/h6-11H,1-5H2. The van der Waals surface area contributed by atoms with Crippen molar-refractivity contribution in [2.45, 2.75) is 9.83 Å². The summed E-state index contributed by atoms with van der Waals surface area (Å²) >= 11 is 22.7. The fourth-order valence-electron chi connectivity index (χ4n) is 0.698. The zero-order valence-corrected chi connectivity index (χ0v) is 13.7. The van der Waals surface area contributed by atoms with Crippen LogP contribution in [-0.4, -0.2) is 37.3 Å². The van der Waals surface area contributed by atoms with Crippen molar-refractivity contribution in [3.63, 3.8) is 0 Å². The van der Waals surface area contributed by atoms with Crippen LogP contribution in [0.25, 0.3) is 0 Å². The minimum absolute atomic E-state index is 0.150. The van der Waals surface area contributed by atoms with Crippen LogP contribution in [0.5, 0.6) is 0 Å². The molecule has 0 nitrogen and oxygen atoms in total. The Kier molecular flexibility index (Phi) is 14.0. The number of hydrogen-bond acceptors (Lipinski definition) is 7. The Bertz CT molecular complexity index is 119. The van der Waals surface area contributed by atoms with Crippen molar-refractivity contribution in [3.05, 3.63) is 0 Å². The first-order valence-corrected chi connectivity index (χ1v) is 9.73. The Morgan fingerprint density at radius 3 is 2.07 bits per heavy atom. The maximum atomic E-state index is 4.35. The van der Waals surface area contributed by atoms with E-state index >= 15 is 0 Å². The molecular weight excluding hydrogens is 309 g/mol. The molecule has 7 heteroatoms. The molecule has 0 spiro atoms. The lowest BCUT2D eigenvalue weighted by atomic mass is 10.5. The maximum Gasteiger partial charge on any atom is 0.0569 e. The molecule has 0 radical (unpaired) electrons. The predicted molar refractivity (Wildman–Crippen MR) is 90.6 cm³/mol. The number of thioether (sulfide) groups is 3. The second-order valence-electron chi connectivity index (χ2n) is 2.36. The van der Waals surface area contributed by atoms with Gasteiger partial charge in [0.1, 0.15) is 0 Å². The molecule has 0 heterocycles. The van der Waals surface area contributed by atoms with Crippen molar-refractivity contribution < 1.29 is 0 Å². The highest BCUT2D eigenvalue weighted by molar-refractivity contribution is 8.12. The largest absolute Gasteiger partial charge is 0.168 e. The number of hydrogen-bond donors (Lipinski definition) is 4. The third-order valence-electron chi connectivity index (χ3n) is 1.37. The highest BCUT2D eigenvalue weighted by Crippen LogP contribution is 2.26. The lowest BCUT2D eigenvalue weighted by Crippen LogP contribution is -2.16. The first-order chi connectivity index (χ1) is 6.72. The molecule has 14 heavy (non-hydrogen) atoms. The van der Waals surface area contributed by atoms with Gasteiger partial charge in [-0.25, -0.2) is 0 Å². The van der Waals surface area contributed by atoms with Crippen LogP contribution in [0, 0.1) is 0 Å². The second kappa shape index (κ2) is 11.9. The monoisotopic (exact) mass is 324 g/mol. The van der Waals surface area contributed by atoms with E-state index in [2.05, 4.69) is 50.5 Å². The summed E-state index contributed by atoms with van der Waals surface area (Å²) in [4.78, 5) is 0. The van der Waals surface area contributed by atoms with Crippen molar-refractivity contribution >= 4 is 85.8 Å². The molecule has 0 aromatic carbocycles. The minimum Gasteiger partial charge on any atom is -0.168 e. The summed E-state index contributed by atoms with van der Waals surface area (Å²) in [5.41, 5.74) is 0. The summed E-state index contributed by atoms with van der Waals surface area (Å²) in [7, 11) is 0. The first kappa shape index (κ1) is 16.4. The molecule has 0 aromatic rings. The SMILES string of the molecule is SCSCCSCC(SCS)C(S)S. The van der Waals surface area contributed by atoms with Gasteiger partial charge in [0.2, 0.25) is 0 Å². The fraction of sp³-hybridized carbons (Fsp3) is 1.00. The van der Waals surface area contributed by atoms with Gasteiger partial charge in [-0.3, -0.25) is 0 Å². The van der Waals surface area contributed by atoms with Crippen molar-refractivity contribution in [1.29, 1.82) is 0 Å². The highest BCUT2D eigenvalue weighted by atomic mass is 32.2. The van der Waals surface area contributed by atoms with E-state index in [0.717, 1.165) is 15.9 Å². The van der Waals surface area contributed by atoms with Gasteiger partial charge in [0, 0.05) is 32.7 Å². The van der Waals surface area contributed by atoms with Gasteiger partial charge < -0.3 is 0 Å². The molecule has 0 aliphatic carbocycles. The van der Waals surface area contributed by atoms with E-state index in [4.69, 9.17) is 0 Å². The van der Waals surface area contributed by atoms with Crippen LogP contribution in [0.2, 0.25) is 0 Å². The zero-order valence-electron chi connectivity index (χ0n) is 7.70. The van der Waals surface area contributed by atoms with E-state index in [1.54, 1.807) is 0 Å². The molecule has 0 fully saturated rings. The van der Waals surface area contributed by atoms with Gasteiger partial charge in [0.25, 0.3) is 0 Å². The second-order valence-corrected chi connectivity index (χ2v) is 8.85. The summed E-state index contributed by atoms with van der Waals surface area (Å²) in [6.45, 7) is 0. The van der Waals surface area contributed by atoms with Gasteiger partial charge in [-0.1, -0.05) is 0 Å². The fourth-order valence-corrected chi connectivity index (χ4v) is 5.37. The summed E-state index contributed by atoms with van der Waals surface area (Å²) in [5.74, 6) is 3.47. The van der Waals surface area contributed by atoms with Gasteiger partial charge in [0.15, 0.2) is 0 Å². The molecule has 0 N–H and O–H groups in total. The quantitative estimate of drug-likeness (QED) is 0.291. The lowest BCUT2D eigenvalue weighted by molar-refractivity contribution is 1.11. The molecule has 0 saturated heterocycles. The first-order valence-electron chi connectivity index (χ1n) is 4.07. The Morgan fingerprint density at radius 2 is 1.57 bits per heavy atom. The van der Waals surface area contributed by atoms with Crippen molar-refractivity contribution in [1.82, 2.24) is 0 Å². The summed E-state index contributed by atoms with van der Waals surface area (Å²) in [6, 6.07) is 0. The van der Waals surface area contributed by atoms with E-state index in [-0.39, 0.29) is 4.58 Å². The predicted octanol–water partition coefficient (Wildman–Crippen LogP) is 3.51.